The van der Waals surface area contributed by atoms with Crippen molar-refractivity contribution >= 4 is 34.8 Å². The molecular weight excluding hydrogens is 331 g/mol. The molecule has 0 aromatic heterocycles. The average molecular weight is 351 g/mol. The van der Waals surface area contributed by atoms with Crippen molar-refractivity contribution in [1.29, 1.82) is 0 Å². The van der Waals surface area contributed by atoms with Gasteiger partial charge in [-0.25, -0.2) is 0 Å². The van der Waals surface area contributed by atoms with E-state index >= 15 is 0 Å². The van der Waals surface area contributed by atoms with Gasteiger partial charge in [-0.15, -0.1) is 0 Å². The summed E-state index contributed by atoms with van der Waals surface area (Å²) in [7, 11) is 0. The highest BCUT2D eigenvalue weighted by atomic mass is 35.5. The summed E-state index contributed by atoms with van der Waals surface area (Å²) in [6.45, 7) is 4.95. The van der Waals surface area contributed by atoms with E-state index < -0.39 is 0 Å². The second-order valence-electron chi connectivity index (χ2n) is 5.53. The fourth-order valence-electron chi connectivity index (χ4n) is 2.30. The van der Waals surface area contributed by atoms with Crippen LogP contribution in [0, 0.1) is 13.8 Å². The highest BCUT2D eigenvalue weighted by molar-refractivity contribution is 6.35. The molecule has 0 radical (unpaired) electrons. The first-order chi connectivity index (χ1) is 11.0. The summed E-state index contributed by atoms with van der Waals surface area (Å²) in [5, 5.41) is 7.31. The van der Waals surface area contributed by atoms with Gasteiger partial charge in [-0.1, -0.05) is 47.0 Å². The predicted octanol–water partition coefficient (Wildman–Crippen LogP) is 4.38. The van der Waals surface area contributed by atoms with Gasteiger partial charge in [0.2, 0.25) is 5.91 Å². The molecule has 0 aliphatic carbocycles. The number of nitrogens with one attached hydrogen (secondary N) is 2. The maximum Gasteiger partial charge on any atom is 0.238 e. The molecule has 23 heavy (non-hydrogen) atoms. The Labute approximate surface area is 147 Å². The highest BCUT2D eigenvalue weighted by Gasteiger charge is 2.05. The van der Waals surface area contributed by atoms with Crippen molar-refractivity contribution in [3.05, 3.63) is 63.1 Å². The first kappa shape index (κ1) is 17.8. The van der Waals surface area contributed by atoms with Gasteiger partial charge in [-0.2, -0.15) is 0 Å². The lowest BCUT2D eigenvalue weighted by molar-refractivity contribution is -0.115. The molecule has 0 spiro atoms. The van der Waals surface area contributed by atoms with E-state index in [1.54, 1.807) is 6.07 Å². The molecule has 0 heterocycles. The van der Waals surface area contributed by atoms with Crippen LogP contribution < -0.4 is 10.6 Å². The van der Waals surface area contributed by atoms with E-state index in [0.717, 1.165) is 23.2 Å². The molecule has 0 bridgehead atoms. The van der Waals surface area contributed by atoms with Crippen LogP contribution in [0.3, 0.4) is 0 Å². The minimum atomic E-state index is -0.0563. The third-order valence-corrected chi connectivity index (χ3v) is 4.11. The van der Waals surface area contributed by atoms with Crippen LogP contribution in [-0.4, -0.2) is 19.0 Å². The van der Waals surface area contributed by atoms with Crippen molar-refractivity contribution in [1.82, 2.24) is 5.32 Å². The van der Waals surface area contributed by atoms with Crippen molar-refractivity contribution < 1.29 is 4.79 Å². The number of carbonyl (C=O) groups excluding carboxylic acids is 1. The third-order valence-electron chi connectivity index (χ3n) is 3.53. The van der Waals surface area contributed by atoms with Crippen molar-refractivity contribution in [2.75, 3.05) is 18.4 Å². The first-order valence-electron chi connectivity index (χ1n) is 7.47. The van der Waals surface area contributed by atoms with Gasteiger partial charge < -0.3 is 10.6 Å². The largest absolute Gasteiger partial charge is 0.325 e. The summed E-state index contributed by atoms with van der Waals surface area (Å²) in [4.78, 5) is 12.0. The van der Waals surface area contributed by atoms with Crippen LogP contribution >= 0.6 is 23.2 Å². The molecule has 0 fully saturated rings. The Morgan fingerprint density at radius 2 is 1.87 bits per heavy atom. The summed E-state index contributed by atoms with van der Waals surface area (Å²) < 4.78 is 0. The van der Waals surface area contributed by atoms with Crippen LogP contribution in [0.5, 0.6) is 0 Å². The van der Waals surface area contributed by atoms with Gasteiger partial charge in [0.05, 0.1) is 6.54 Å². The number of amides is 1. The van der Waals surface area contributed by atoms with Crippen molar-refractivity contribution in [2.24, 2.45) is 0 Å². The lowest BCUT2D eigenvalue weighted by atomic mass is 10.1. The Balaban J connectivity index is 1.76. The molecular formula is C18H20Cl2N2O. The van der Waals surface area contributed by atoms with E-state index in [2.05, 4.69) is 10.6 Å². The quantitative estimate of drug-likeness (QED) is 0.759. The number of anilines is 1. The molecule has 0 atom stereocenters. The van der Waals surface area contributed by atoms with Crippen molar-refractivity contribution in [2.45, 2.75) is 20.3 Å². The zero-order valence-corrected chi connectivity index (χ0v) is 14.8. The molecule has 0 unspecified atom stereocenters. The summed E-state index contributed by atoms with van der Waals surface area (Å²) in [6.07, 6.45) is 0.743. The van der Waals surface area contributed by atoms with Gasteiger partial charge in [0.1, 0.15) is 0 Å². The molecule has 2 aromatic carbocycles. The molecule has 2 rings (SSSR count). The Hall–Kier alpha value is -1.55. The fourth-order valence-corrected chi connectivity index (χ4v) is 2.80. The summed E-state index contributed by atoms with van der Waals surface area (Å²) >= 11 is 12.0. The smallest absolute Gasteiger partial charge is 0.238 e. The molecule has 2 N–H and O–H groups in total. The van der Waals surface area contributed by atoms with Gasteiger partial charge >= 0.3 is 0 Å². The molecule has 122 valence electrons. The highest BCUT2D eigenvalue weighted by Crippen LogP contribution is 2.21. The van der Waals surface area contributed by atoms with E-state index in [0.29, 0.717) is 16.6 Å². The zero-order chi connectivity index (χ0) is 16.8. The summed E-state index contributed by atoms with van der Waals surface area (Å²) in [5.41, 5.74) is 4.10. The number of hydrogen-bond acceptors (Lipinski definition) is 2. The topological polar surface area (TPSA) is 41.1 Å². The maximum absolute atomic E-state index is 12.0. The van der Waals surface area contributed by atoms with Crippen LogP contribution in [0.15, 0.2) is 36.4 Å². The van der Waals surface area contributed by atoms with Crippen LogP contribution in [-0.2, 0) is 11.2 Å². The standard InChI is InChI=1S/C18H20Cl2N2O/c1-12-3-6-17(13(2)9-12)22-18(23)11-21-8-7-14-4-5-15(19)10-16(14)20/h3-6,9-10,21H,7-8,11H2,1-2H3,(H,22,23). The molecule has 0 aliphatic rings. The fraction of sp³-hybridized carbons (Fsp3) is 0.278. The zero-order valence-electron chi connectivity index (χ0n) is 13.2. The number of hydrogen-bond donors (Lipinski definition) is 2. The average Bonchev–Trinajstić information content (AvgIpc) is 2.48. The second kappa shape index (κ2) is 8.34. The molecule has 5 heteroatoms. The number of rotatable bonds is 6. The summed E-state index contributed by atoms with van der Waals surface area (Å²) in [5.74, 6) is -0.0563. The number of halogens is 2. The van der Waals surface area contributed by atoms with Gasteiger partial charge in [-0.05, 0) is 56.1 Å². The second-order valence-corrected chi connectivity index (χ2v) is 6.37. The Bertz CT molecular complexity index is 701. The van der Waals surface area contributed by atoms with E-state index in [9.17, 15) is 4.79 Å². The molecule has 0 saturated heterocycles. The molecule has 0 aliphatic heterocycles. The normalized spacial score (nSPS) is 10.6. The third kappa shape index (κ3) is 5.54. The number of benzene rings is 2. The Kier molecular flexibility index (Phi) is 6.46. The van der Waals surface area contributed by atoms with Crippen molar-refractivity contribution in [3.63, 3.8) is 0 Å². The van der Waals surface area contributed by atoms with E-state index in [1.165, 1.54) is 5.56 Å². The maximum atomic E-state index is 12.0. The summed E-state index contributed by atoms with van der Waals surface area (Å²) in [6, 6.07) is 11.4. The number of carbonyl (C=O) groups is 1. The van der Waals surface area contributed by atoms with Gasteiger partial charge in [0.25, 0.3) is 0 Å². The lowest BCUT2D eigenvalue weighted by Gasteiger charge is -2.10. The van der Waals surface area contributed by atoms with Gasteiger partial charge in [0, 0.05) is 15.7 Å². The van der Waals surface area contributed by atoms with E-state index in [4.69, 9.17) is 23.2 Å². The lowest BCUT2D eigenvalue weighted by Crippen LogP contribution is -2.29. The first-order valence-corrected chi connectivity index (χ1v) is 8.23. The van der Waals surface area contributed by atoms with Crippen LogP contribution in [0.4, 0.5) is 5.69 Å². The van der Waals surface area contributed by atoms with Crippen molar-refractivity contribution in [3.8, 4) is 0 Å². The molecule has 0 saturated carbocycles. The predicted molar refractivity (Wildman–Crippen MR) is 97.6 cm³/mol. The SMILES string of the molecule is Cc1ccc(NC(=O)CNCCc2ccc(Cl)cc2Cl)c(C)c1. The minimum absolute atomic E-state index is 0.0563. The van der Waals surface area contributed by atoms with Crippen LogP contribution in [0.2, 0.25) is 10.0 Å². The van der Waals surface area contributed by atoms with Crippen LogP contribution in [0.25, 0.3) is 0 Å². The van der Waals surface area contributed by atoms with E-state index in [-0.39, 0.29) is 12.5 Å². The van der Waals surface area contributed by atoms with Gasteiger partial charge in [0.15, 0.2) is 0 Å². The molecule has 2 aromatic rings. The van der Waals surface area contributed by atoms with E-state index in [1.807, 2.05) is 44.2 Å². The Morgan fingerprint density at radius 3 is 2.57 bits per heavy atom. The number of aryl methyl sites for hydroxylation is 2. The minimum Gasteiger partial charge on any atom is -0.325 e. The molecule has 3 nitrogen and oxygen atoms in total. The van der Waals surface area contributed by atoms with Crippen LogP contribution in [0.1, 0.15) is 16.7 Å². The van der Waals surface area contributed by atoms with Gasteiger partial charge in [-0.3, -0.25) is 4.79 Å². The Morgan fingerprint density at radius 1 is 1.09 bits per heavy atom. The monoisotopic (exact) mass is 350 g/mol. The molecule has 1 amide bonds.